The van der Waals surface area contributed by atoms with Gasteiger partial charge in [0.1, 0.15) is 5.82 Å². The topological polar surface area (TPSA) is 37.8 Å². The molecule has 5 nitrogen and oxygen atoms in total. The highest BCUT2D eigenvalue weighted by Gasteiger charge is 2.56. The molecule has 2 fully saturated rings. The van der Waals surface area contributed by atoms with Crippen LogP contribution in [0, 0.1) is 18.3 Å². The standard InChI is InChI=1S/C22H20F3N5/c1-26-17-4-2-14(3-5-17)15-6-9-29(10-7-15)18-8-11-30-19(12-16-13-22(16,24)25)27-28-21(30)20(18)23/h2-5,8,11,15-16H,6-7,9-10,12-13H2. The van der Waals surface area contributed by atoms with Crippen LogP contribution in [-0.2, 0) is 6.42 Å². The van der Waals surface area contributed by atoms with E-state index in [1.54, 1.807) is 12.3 Å². The van der Waals surface area contributed by atoms with Crippen molar-refractivity contribution in [3.05, 3.63) is 65.2 Å². The summed E-state index contributed by atoms with van der Waals surface area (Å²) < 4.78 is 43.1. The van der Waals surface area contributed by atoms with E-state index in [1.165, 1.54) is 9.96 Å². The molecule has 30 heavy (non-hydrogen) atoms. The van der Waals surface area contributed by atoms with Gasteiger partial charge in [0.2, 0.25) is 0 Å². The van der Waals surface area contributed by atoms with Crippen LogP contribution in [0.15, 0.2) is 36.5 Å². The smallest absolute Gasteiger partial charge is 0.252 e. The van der Waals surface area contributed by atoms with Crippen molar-refractivity contribution in [3.63, 3.8) is 0 Å². The normalized spacial score (nSPS) is 21.0. The maximum atomic E-state index is 15.1. The van der Waals surface area contributed by atoms with Crippen LogP contribution < -0.4 is 4.90 Å². The zero-order valence-electron chi connectivity index (χ0n) is 16.2. The summed E-state index contributed by atoms with van der Waals surface area (Å²) in [6.45, 7) is 8.46. The van der Waals surface area contributed by atoms with E-state index in [4.69, 9.17) is 6.57 Å². The molecule has 0 N–H and O–H groups in total. The minimum atomic E-state index is -2.63. The number of piperidine rings is 1. The Morgan fingerprint density at radius 2 is 1.80 bits per heavy atom. The third-order valence-electron chi connectivity index (χ3n) is 6.28. The summed E-state index contributed by atoms with van der Waals surface area (Å²) >= 11 is 0. The molecule has 154 valence electrons. The molecule has 2 aliphatic rings. The first-order valence-corrected chi connectivity index (χ1v) is 10.1. The maximum absolute atomic E-state index is 15.1. The molecule has 1 saturated carbocycles. The first-order chi connectivity index (χ1) is 14.5. The van der Waals surface area contributed by atoms with E-state index in [-0.39, 0.29) is 18.5 Å². The SMILES string of the molecule is [C-]#[N+]c1ccc(C2CCN(c3ccn4c(CC5CC5(F)F)nnc4c3F)CC2)cc1. The Kier molecular flexibility index (Phi) is 4.42. The second-order valence-corrected chi connectivity index (χ2v) is 8.16. The maximum Gasteiger partial charge on any atom is 0.252 e. The van der Waals surface area contributed by atoms with Gasteiger partial charge in [-0.15, -0.1) is 10.2 Å². The van der Waals surface area contributed by atoms with Crippen LogP contribution in [0.25, 0.3) is 10.5 Å². The predicted molar refractivity (Wildman–Crippen MR) is 107 cm³/mol. The highest BCUT2D eigenvalue weighted by Crippen LogP contribution is 2.50. The van der Waals surface area contributed by atoms with Gasteiger partial charge in [0, 0.05) is 38.0 Å². The Balaban J connectivity index is 1.31. The molecule has 3 heterocycles. The van der Waals surface area contributed by atoms with Crippen LogP contribution in [-0.4, -0.2) is 33.6 Å². The Labute approximate surface area is 172 Å². The molecule has 0 bridgehead atoms. The summed E-state index contributed by atoms with van der Waals surface area (Å²) in [4.78, 5) is 5.42. The molecule has 0 amide bonds. The highest BCUT2D eigenvalue weighted by atomic mass is 19.3. The molecule has 1 aliphatic carbocycles. The van der Waals surface area contributed by atoms with E-state index < -0.39 is 17.7 Å². The van der Waals surface area contributed by atoms with Gasteiger partial charge in [0.15, 0.2) is 17.2 Å². The third-order valence-corrected chi connectivity index (χ3v) is 6.28. The molecule has 1 unspecified atom stereocenters. The molecule has 1 aliphatic heterocycles. The van der Waals surface area contributed by atoms with Gasteiger partial charge in [-0.05, 0) is 30.4 Å². The van der Waals surface area contributed by atoms with Crippen LogP contribution in [0.4, 0.5) is 24.5 Å². The Morgan fingerprint density at radius 1 is 1.10 bits per heavy atom. The number of aromatic nitrogens is 3. The molecule has 5 rings (SSSR count). The molecule has 0 spiro atoms. The molecule has 1 saturated heterocycles. The van der Waals surface area contributed by atoms with E-state index in [1.807, 2.05) is 29.2 Å². The molecule has 8 heteroatoms. The number of hydrogen-bond donors (Lipinski definition) is 0. The predicted octanol–water partition coefficient (Wildman–Crippen LogP) is 5.00. The minimum absolute atomic E-state index is 0.0864. The average Bonchev–Trinajstić information content (AvgIpc) is 3.16. The van der Waals surface area contributed by atoms with Crippen LogP contribution in [0.2, 0.25) is 0 Å². The number of alkyl halides is 2. The number of rotatable bonds is 4. The molecule has 1 aromatic carbocycles. The van der Waals surface area contributed by atoms with Crippen molar-refractivity contribution in [1.29, 1.82) is 0 Å². The summed E-state index contributed by atoms with van der Waals surface area (Å²) in [6.07, 6.45) is 3.41. The molecule has 3 aromatic rings. The van der Waals surface area contributed by atoms with Gasteiger partial charge in [0.25, 0.3) is 5.92 Å². The summed E-state index contributed by atoms with van der Waals surface area (Å²) in [6, 6.07) is 9.36. The van der Waals surface area contributed by atoms with Crippen molar-refractivity contribution in [1.82, 2.24) is 14.6 Å². The fourth-order valence-electron chi connectivity index (χ4n) is 4.33. The monoisotopic (exact) mass is 411 g/mol. The highest BCUT2D eigenvalue weighted by molar-refractivity contribution is 5.58. The number of nitrogens with zero attached hydrogens (tertiary/aromatic N) is 5. The van der Waals surface area contributed by atoms with Crippen molar-refractivity contribution in [3.8, 4) is 0 Å². The lowest BCUT2D eigenvalue weighted by Gasteiger charge is -2.34. The Bertz CT molecular complexity index is 1120. The van der Waals surface area contributed by atoms with Crippen molar-refractivity contribution < 1.29 is 13.2 Å². The second kappa shape index (κ2) is 7.01. The van der Waals surface area contributed by atoms with Crippen LogP contribution in [0.1, 0.15) is 36.6 Å². The van der Waals surface area contributed by atoms with Gasteiger partial charge in [-0.1, -0.05) is 24.3 Å². The average molecular weight is 411 g/mol. The van der Waals surface area contributed by atoms with Crippen LogP contribution in [0.3, 0.4) is 0 Å². The lowest BCUT2D eigenvalue weighted by Crippen LogP contribution is -2.33. The molecular formula is C22H20F3N5. The van der Waals surface area contributed by atoms with Gasteiger partial charge < -0.3 is 4.90 Å². The molecule has 2 aromatic heterocycles. The van der Waals surface area contributed by atoms with Crippen molar-refractivity contribution >= 4 is 17.0 Å². The zero-order valence-corrected chi connectivity index (χ0v) is 16.2. The van der Waals surface area contributed by atoms with Crippen LogP contribution in [0.5, 0.6) is 0 Å². The molecular weight excluding hydrogens is 391 g/mol. The summed E-state index contributed by atoms with van der Waals surface area (Å²) in [7, 11) is 0. The van der Waals surface area contributed by atoms with Gasteiger partial charge in [-0.2, -0.15) is 0 Å². The van der Waals surface area contributed by atoms with E-state index in [0.29, 0.717) is 36.2 Å². The van der Waals surface area contributed by atoms with Gasteiger partial charge >= 0.3 is 0 Å². The summed E-state index contributed by atoms with van der Waals surface area (Å²) in [5.41, 5.74) is 2.39. The fourth-order valence-corrected chi connectivity index (χ4v) is 4.33. The molecule has 0 radical (unpaired) electrons. The van der Waals surface area contributed by atoms with Crippen molar-refractivity contribution in [2.75, 3.05) is 18.0 Å². The summed E-state index contributed by atoms with van der Waals surface area (Å²) in [5.74, 6) is -3.06. The number of halogens is 3. The lowest BCUT2D eigenvalue weighted by atomic mass is 9.89. The van der Waals surface area contributed by atoms with E-state index in [9.17, 15) is 8.78 Å². The van der Waals surface area contributed by atoms with E-state index >= 15 is 4.39 Å². The Morgan fingerprint density at radius 3 is 2.43 bits per heavy atom. The van der Waals surface area contributed by atoms with Gasteiger partial charge in [0.05, 0.1) is 12.3 Å². The molecule has 1 atom stereocenters. The lowest BCUT2D eigenvalue weighted by molar-refractivity contribution is 0.0984. The van der Waals surface area contributed by atoms with Crippen molar-refractivity contribution in [2.24, 2.45) is 5.92 Å². The number of anilines is 1. The third kappa shape index (κ3) is 3.28. The van der Waals surface area contributed by atoms with Crippen molar-refractivity contribution in [2.45, 2.75) is 37.5 Å². The number of benzene rings is 1. The van der Waals surface area contributed by atoms with E-state index in [0.717, 1.165) is 12.8 Å². The fraction of sp³-hybridized carbons (Fsp3) is 0.409. The first kappa shape index (κ1) is 18.9. The van der Waals surface area contributed by atoms with Crippen LogP contribution >= 0.6 is 0 Å². The number of fused-ring (bicyclic) bond motifs is 1. The quantitative estimate of drug-likeness (QED) is 0.567. The zero-order chi connectivity index (χ0) is 20.9. The largest absolute Gasteiger partial charge is 0.369 e. The minimum Gasteiger partial charge on any atom is -0.369 e. The summed E-state index contributed by atoms with van der Waals surface area (Å²) in [5, 5.41) is 7.88. The second-order valence-electron chi connectivity index (χ2n) is 8.16. The Hall–Kier alpha value is -3.08. The first-order valence-electron chi connectivity index (χ1n) is 10.1. The van der Waals surface area contributed by atoms with Gasteiger partial charge in [-0.3, -0.25) is 4.40 Å². The van der Waals surface area contributed by atoms with Gasteiger partial charge in [-0.25, -0.2) is 18.0 Å². The number of pyridine rings is 1. The number of hydrogen-bond acceptors (Lipinski definition) is 3. The van der Waals surface area contributed by atoms with E-state index in [2.05, 4.69) is 15.0 Å².